The predicted molar refractivity (Wildman–Crippen MR) is 86.1 cm³/mol. The topological polar surface area (TPSA) is 49.4 Å². The van der Waals surface area contributed by atoms with Crippen LogP contribution in [0.3, 0.4) is 0 Å². The molecule has 3 atom stereocenters. The normalized spacial score (nSPS) is 25.1. The molecule has 1 saturated heterocycles. The average Bonchev–Trinajstić information content (AvgIpc) is 2.39. The molecule has 4 nitrogen and oxygen atoms in total. The van der Waals surface area contributed by atoms with Crippen molar-refractivity contribution in [1.29, 1.82) is 0 Å². The zero-order chi connectivity index (χ0) is 16.3. The molecule has 1 aromatic rings. The molecule has 1 fully saturated rings. The van der Waals surface area contributed by atoms with Gasteiger partial charge in [-0.25, -0.2) is 4.39 Å². The summed E-state index contributed by atoms with van der Waals surface area (Å²) in [5.41, 5.74) is 0.526. The first kappa shape index (κ1) is 17.4. The van der Waals surface area contributed by atoms with E-state index in [2.05, 4.69) is 18.6 Å². The van der Waals surface area contributed by atoms with Crippen LogP contribution in [0, 0.1) is 17.7 Å². The van der Waals surface area contributed by atoms with Crippen molar-refractivity contribution in [3.05, 3.63) is 35.6 Å². The zero-order valence-electron chi connectivity index (χ0n) is 13.4. The van der Waals surface area contributed by atoms with Gasteiger partial charge in [0.15, 0.2) is 0 Å². The molecule has 1 aliphatic rings. The van der Waals surface area contributed by atoms with Crippen LogP contribution in [0.5, 0.6) is 0 Å². The van der Waals surface area contributed by atoms with E-state index in [0.717, 1.165) is 6.42 Å². The Morgan fingerprint density at radius 3 is 2.45 bits per heavy atom. The van der Waals surface area contributed by atoms with Gasteiger partial charge in [0.1, 0.15) is 5.82 Å². The molecule has 0 aromatic heterocycles. The highest BCUT2D eigenvalue weighted by Crippen LogP contribution is 2.23. The SMILES string of the molecule is CC1CC(C)CN(S(=O)(=O)NC(C)Cc2ccccc2F)C1. The zero-order valence-corrected chi connectivity index (χ0v) is 14.2. The first-order chi connectivity index (χ1) is 10.3. The Bertz CT molecular complexity index is 596. The molecule has 0 saturated carbocycles. The van der Waals surface area contributed by atoms with Gasteiger partial charge in [0.05, 0.1) is 0 Å². The van der Waals surface area contributed by atoms with E-state index in [4.69, 9.17) is 0 Å². The Kier molecular flexibility index (Phi) is 5.58. The molecule has 1 aromatic carbocycles. The van der Waals surface area contributed by atoms with Gasteiger partial charge < -0.3 is 0 Å². The third kappa shape index (κ3) is 4.51. The number of hydrogen-bond donors (Lipinski definition) is 1. The fraction of sp³-hybridized carbons (Fsp3) is 0.625. The van der Waals surface area contributed by atoms with E-state index in [-0.39, 0.29) is 11.9 Å². The second-order valence-corrected chi connectivity index (χ2v) is 8.28. The van der Waals surface area contributed by atoms with Crippen molar-refractivity contribution in [1.82, 2.24) is 9.03 Å². The van der Waals surface area contributed by atoms with Gasteiger partial charge in [-0.3, -0.25) is 0 Å². The van der Waals surface area contributed by atoms with Gasteiger partial charge in [-0.05, 0) is 43.2 Å². The largest absolute Gasteiger partial charge is 0.279 e. The highest BCUT2D eigenvalue weighted by atomic mass is 32.2. The molecule has 1 aliphatic heterocycles. The second-order valence-electron chi connectivity index (χ2n) is 6.58. The number of nitrogens with zero attached hydrogens (tertiary/aromatic N) is 1. The van der Waals surface area contributed by atoms with E-state index in [0.29, 0.717) is 36.9 Å². The maximum absolute atomic E-state index is 13.7. The van der Waals surface area contributed by atoms with E-state index < -0.39 is 10.2 Å². The molecule has 0 amide bonds. The summed E-state index contributed by atoms with van der Waals surface area (Å²) in [4.78, 5) is 0. The van der Waals surface area contributed by atoms with E-state index in [9.17, 15) is 12.8 Å². The number of piperidine rings is 1. The minimum absolute atomic E-state index is 0.297. The van der Waals surface area contributed by atoms with Crippen LogP contribution in [0.2, 0.25) is 0 Å². The lowest BCUT2D eigenvalue weighted by molar-refractivity contribution is 0.220. The molecular weight excluding hydrogens is 303 g/mol. The van der Waals surface area contributed by atoms with E-state index >= 15 is 0 Å². The fourth-order valence-electron chi connectivity index (χ4n) is 3.17. The summed E-state index contributed by atoms with van der Waals surface area (Å²) < 4.78 is 42.8. The van der Waals surface area contributed by atoms with Crippen LogP contribution in [0.15, 0.2) is 24.3 Å². The maximum atomic E-state index is 13.7. The number of hydrogen-bond acceptors (Lipinski definition) is 2. The molecule has 0 aliphatic carbocycles. The highest BCUT2D eigenvalue weighted by Gasteiger charge is 2.31. The van der Waals surface area contributed by atoms with Crippen LogP contribution >= 0.6 is 0 Å². The Balaban J connectivity index is 2.00. The van der Waals surface area contributed by atoms with E-state index in [1.165, 1.54) is 10.4 Å². The number of benzene rings is 1. The Hall–Kier alpha value is -0.980. The van der Waals surface area contributed by atoms with Gasteiger partial charge in [-0.15, -0.1) is 0 Å². The summed E-state index contributed by atoms with van der Waals surface area (Å²) in [5.74, 6) is 0.429. The van der Waals surface area contributed by atoms with Crippen LogP contribution in [-0.4, -0.2) is 31.9 Å². The lowest BCUT2D eigenvalue weighted by atomic mass is 9.94. The molecule has 1 heterocycles. The molecular formula is C16H25FN2O2S. The summed E-state index contributed by atoms with van der Waals surface area (Å²) >= 11 is 0. The predicted octanol–water partition coefficient (Wildman–Crippen LogP) is 2.57. The minimum atomic E-state index is -3.52. The summed E-state index contributed by atoms with van der Waals surface area (Å²) in [5, 5.41) is 0. The van der Waals surface area contributed by atoms with E-state index in [1.54, 1.807) is 25.1 Å². The molecule has 2 rings (SSSR count). The van der Waals surface area contributed by atoms with Crippen molar-refractivity contribution in [2.45, 2.75) is 39.7 Å². The summed E-state index contributed by atoms with van der Waals surface area (Å²) in [6.07, 6.45) is 1.39. The number of nitrogens with one attached hydrogen (secondary N) is 1. The third-order valence-corrected chi connectivity index (χ3v) is 5.69. The molecule has 6 heteroatoms. The monoisotopic (exact) mass is 328 g/mol. The molecule has 0 radical (unpaired) electrons. The molecule has 124 valence electrons. The minimum Gasteiger partial charge on any atom is -0.207 e. The van der Waals surface area contributed by atoms with Gasteiger partial charge in [-0.1, -0.05) is 32.0 Å². The maximum Gasteiger partial charge on any atom is 0.279 e. The van der Waals surface area contributed by atoms with Crippen molar-refractivity contribution >= 4 is 10.2 Å². The molecule has 0 bridgehead atoms. The van der Waals surface area contributed by atoms with Gasteiger partial charge in [0, 0.05) is 19.1 Å². The quantitative estimate of drug-likeness (QED) is 0.903. The lowest BCUT2D eigenvalue weighted by Gasteiger charge is -2.34. The van der Waals surface area contributed by atoms with Crippen molar-refractivity contribution in [2.24, 2.45) is 11.8 Å². The summed E-state index contributed by atoms with van der Waals surface area (Å²) in [6, 6.07) is 6.11. The first-order valence-electron chi connectivity index (χ1n) is 7.78. The summed E-state index contributed by atoms with van der Waals surface area (Å²) in [7, 11) is -3.52. The van der Waals surface area contributed by atoms with Crippen LogP contribution in [-0.2, 0) is 16.6 Å². The average molecular weight is 328 g/mol. The van der Waals surface area contributed by atoms with Crippen molar-refractivity contribution < 1.29 is 12.8 Å². The van der Waals surface area contributed by atoms with Crippen LogP contribution < -0.4 is 4.72 Å². The van der Waals surface area contributed by atoms with Crippen LogP contribution in [0.4, 0.5) is 4.39 Å². The Morgan fingerprint density at radius 2 is 1.86 bits per heavy atom. The van der Waals surface area contributed by atoms with Gasteiger partial charge in [0.2, 0.25) is 0 Å². The highest BCUT2D eigenvalue weighted by molar-refractivity contribution is 7.87. The third-order valence-electron chi connectivity index (χ3n) is 4.01. The summed E-state index contributed by atoms with van der Waals surface area (Å²) in [6.45, 7) is 7.00. The first-order valence-corrected chi connectivity index (χ1v) is 9.22. The second kappa shape index (κ2) is 7.06. The number of rotatable bonds is 5. The molecule has 22 heavy (non-hydrogen) atoms. The number of halogens is 1. The van der Waals surface area contributed by atoms with Crippen LogP contribution in [0.25, 0.3) is 0 Å². The molecule has 1 N–H and O–H groups in total. The molecule has 3 unspecified atom stereocenters. The molecule has 0 spiro atoms. The van der Waals surface area contributed by atoms with Crippen LogP contribution in [0.1, 0.15) is 32.8 Å². The van der Waals surface area contributed by atoms with Gasteiger partial charge in [0.25, 0.3) is 10.2 Å². The smallest absolute Gasteiger partial charge is 0.207 e. The fourth-order valence-corrected chi connectivity index (χ4v) is 4.81. The van der Waals surface area contributed by atoms with Crippen molar-refractivity contribution in [3.63, 3.8) is 0 Å². The van der Waals surface area contributed by atoms with Crippen molar-refractivity contribution in [3.8, 4) is 0 Å². The standard InChI is InChI=1S/C16H25FN2O2S/c1-12-8-13(2)11-19(10-12)22(20,21)18-14(3)9-15-6-4-5-7-16(15)17/h4-7,12-14,18H,8-11H2,1-3H3. The Labute approximate surface area is 132 Å². The van der Waals surface area contributed by atoms with Crippen molar-refractivity contribution in [2.75, 3.05) is 13.1 Å². The van der Waals surface area contributed by atoms with E-state index in [1.807, 2.05) is 0 Å². The lowest BCUT2D eigenvalue weighted by Crippen LogP contribution is -2.50. The van der Waals surface area contributed by atoms with Gasteiger partial charge in [-0.2, -0.15) is 17.4 Å². The Morgan fingerprint density at radius 1 is 1.27 bits per heavy atom. The van der Waals surface area contributed by atoms with Gasteiger partial charge >= 0.3 is 0 Å².